The van der Waals surface area contributed by atoms with Crippen molar-refractivity contribution in [2.75, 3.05) is 0 Å². The molecule has 3 nitrogen and oxygen atoms in total. The third-order valence-corrected chi connectivity index (χ3v) is 2.54. The topological polar surface area (TPSA) is 55.1 Å². The molecule has 0 radical (unpaired) electrons. The van der Waals surface area contributed by atoms with E-state index in [0.717, 1.165) is 6.42 Å². The third kappa shape index (κ3) is 0.896. The van der Waals surface area contributed by atoms with Gasteiger partial charge in [0.1, 0.15) is 0 Å². The summed E-state index contributed by atoms with van der Waals surface area (Å²) >= 11 is 0. The number of amides is 1. The van der Waals surface area contributed by atoms with Crippen molar-refractivity contribution >= 4 is 18.3 Å². The summed E-state index contributed by atoms with van der Waals surface area (Å²) in [5.74, 6) is 5.26. The molecule has 10 heavy (non-hydrogen) atoms. The van der Waals surface area contributed by atoms with Gasteiger partial charge < -0.3 is 0 Å². The Hall–Kier alpha value is -0.280. The fourth-order valence-electron chi connectivity index (χ4n) is 1.53. The zero-order chi connectivity index (χ0) is 6.48. The van der Waals surface area contributed by atoms with Crippen molar-refractivity contribution in [2.45, 2.75) is 19.3 Å². The molecule has 1 amide bonds. The molecule has 0 saturated heterocycles. The van der Waals surface area contributed by atoms with Gasteiger partial charge in [-0.1, -0.05) is 0 Å². The first-order valence-corrected chi connectivity index (χ1v) is 3.29. The second-order valence-corrected chi connectivity index (χ2v) is 3.13. The summed E-state index contributed by atoms with van der Waals surface area (Å²) in [5, 5.41) is 0. The Balaban J connectivity index is 0.000000500. The molecule has 0 aliphatic heterocycles. The van der Waals surface area contributed by atoms with Gasteiger partial charge in [0.15, 0.2) is 0 Å². The van der Waals surface area contributed by atoms with Crippen LogP contribution in [0.5, 0.6) is 0 Å². The van der Waals surface area contributed by atoms with Crippen LogP contribution < -0.4 is 11.3 Å². The molecule has 2 aliphatic carbocycles. The first-order valence-electron chi connectivity index (χ1n) is 3.29. The first kappa shape index (κ1) is 7.82. The number of rotatable bonds is 1. The monoisotopic (exact) mass is 162 g/mol. The summed E-state index contributed by atoms with van der Waals surface area (Å²) in [5.41, 5.74) is 2.63. The van der Waals surface area contributed by atoms with E-state index in [0.29, 0.717) is 5.41 Å². The van der Waals surface area contributed by atoms with E-state index < -0.39 is 0 Å². The van der Waals surface area contributed by atoms with Crippen molar-refractivity contribution < 1.29 is 4.79 Å². The van der Waals surface area contributed by atoms with Crippen LogP contribution in [0.15, 0.2) is 0 Å². The van der Waals surface area contributed by atoms with Gasteiger partial charge in [0.25, 0.3) is 0 Å². The molecule has 2 aliphatic rings. The van der Waals surface area contributed by atoms with Crippen molar-refractivity contribution in [3.8, 4) is 0 Å². The van der Waals surface area contributed by atoms with Crippen molar-refractivity contribution in [3.63, 3.8) is 0 Å². The first-order chi connectivity index (χ1) is 4.28. The molecule has 3 N–H and O–H groups in total. The largest absolute Gasteiger partial charge is 0.294 e. The maximum absolute atomic E-state index is 10.8. The van der Waals surface area contributed by atoms with Gasteiger partial charge in [0.05, 0.1) is 0 Å². The highest BCUT2D eigenvalue weighted by molar-refractivity contribution is 5.85. The smallest absolute Gasteiger partial charge is 0.237 e. The molecule has 0 unspecified atom stereocenters. The van der Waals surface area contributed by atoms with E-state index in [1.165, 1.54) is 12.8 Å². The normalized spacial score (nSPS) is 30.7. The minimum absolute atomic E-state index is 0. The molecular formula is C6H11ClN2O. The van der Waals surface area contributed by atoms with E-state index in [1.807, 2.05) is 0 Å². The highest BCUT2D eigenvalue weighted by Gasteiger charge is 2.65. The SMILES string of the molecule is Cl.NNC(=O)[C@H]1CC12CC2. The predicted molar refractivity (Wildman–Crippen MR) is 39.4 cm³/mol. The molecule has 58 valence electrons. The lowest BCUT2D eigenvalue weighted by atomic mass is 10.3. The van der Waals surface area contributed by atoms with Crippen LogP contribution in [-0.2, 0) is 4.79 Å². The van der Waals surface area contributed by atoms with Gasteiger partial charge in [-0.25, -0.2) is 5.84 Å². The lowest BCUT2D eigenvalue weighted by Gasteiger charge is -1.92. The number of hydrazine groups is 1. The molecule has 0 aromatic carbocycles. The Labute approximate surface area is 65.7 Å². The standard InChI is InChI=1S/C6H10N2O.ClH/c7-8-5(9)4-3-6(4)1-2-6;/h4H,1-3,7H2,(H,8,9);1H/t4-;/m1./s1. The Morgan fingerprint density at radius 2 is 2.20 bits per heavy atom. The van der Waals surface area contributed by atoms with Crippen LogP contribution in [0.3, 0.4) is 0 Å². The molecular weight excluding hydrogens is 152 g/mol. The minimum Gasteiger partial charge on any atom is -0.294 e. The fourth-order valence-corrected chi connectivity index (χ4v) is 1.53. The van der Waals surface area contributed by atoms with E-state index in [9.17, 15) is 4.79 Å². The fraction of sp³-hybridized carbons (Fsp3) is 0.833. The zero-order valence-electron chi connectivity index (χ0n) is 5.59. The van der Waals surface area contributed by atoms with Crippen LogP contribution in [0, 0.1) is 11.3 Å². The maximum atomic E-state index is 10.8. The van der Waals surface area contributed by atoms with Crippen LogP contribution in [0.1, 0.15) is 19.3 Å². The van der Waals surface area contributed by atoms with E-state index >= 15 is 0 Å². The van der Waals surface area contributed by atoms with Gasteiger partial charge in [-0.3, -0.25) is 10.2 Å². The molecule has 2 saturated carbocycles. The Morgan fingerprint density at radius 1 is 1.60 bits per heavy atom. The summed E-state index contributed by atoms with van der Waals surface area (Å²) in [6, 6.07) is 0. The summed E-state index contributed by atoms with van der Waals surface area (Å²) in [4.78, 5) is 10.8. The van der Waals surface area contributed by atoms with Gasteiger partial charge in [0.2, 0.25) is 5.91 Å². The number of carbonyl (C=O) groups excluding carboxylic acids is 1. The molecule has 0 bridgehead atoms. The molecule has 0 aromatic heterocycles. The molecule has 2 fully saturated rings. The maximum Gasteiger partial charge on any atom is 0.237 e. The van der Waals surface area contributed by atoms with Gasteiger partial charge in [0, 0.05) is 5.92 Å². The number of hydrogen-bond donors (Lipinski definition) is 2. The highest BCUT2D eigenvalue weighted by Crippen LogP contribution is 2.70. The minimum atomic E-state index is 0. The molecule has 0 aromatic rings. The summed E-state index contributed by atoms with van der Waals surface area (Å²) in [6.07, 6.45) is 3.56. The van der Waals surface area contributed by atoms with E-state index in [2.05, 4.69) is 5.43 Å². The van der Waals surface area contributed by atoms with Crippen molar-refractivity contribution in [2.24, 2.45) is 17.2 Å². The lowest BCUT2D eigenvalue weighted by Crippen LogP contribution is -2.31. The zero-order valence-corrected chi connectivity index (χ0v) is 6.41. The summed E-state index contributed by atoms with van der Waals surface area (Å²) in [6.45, 7) is 0. The van der Waals surface area contributed by atoms with Gasteiger partial charge in [-0.15, -0.1) is 12.4 Å². The quantitative estimate of drug-likeness (QED) is 0.329. The summed E-state index contributed by atoms with van der Waals surface area (Å²) in [7, 11) is 0. The number of nitrogens with one attached hydrogen (secondary N) is 1. The van der Waals surface area contributed by atoms with Crippen molar-refractivity contribution in [3.05, 3.63) is 0 Å². The van der Waals surface area contributed by atoms with Gasteiger partial charge in [-0.2, -0.15) is 0 Å². The number of carbonyl (C=O) groups is 1. The van der Waals surface area contributed by atoms with Gasteiger partial charge >= 0.3 is 0 Å². The van der Waals surface area contributed by atoms with Gasteiger partial charge in [-0.05, 0) is 24.7 Å². The molecule has 1 atom stereocenters. The molecule has 0 heterocycles. The van der Waals surface area contributed by atoms with Crippen LogP contribution in [-0.4, -0.2) is 5.91 Å². The second kappa shape index (κ2) is 2.10. The van der Waals surface area contributed by atoms with E-state index in [4.69, 9.17) is 5.84 Å². The Bertz CT molecular complexity index is 167. The van der Waals surface area contributed by atoms with Crippen molar-refractivity contribution in [1.29, 1.82) is 0 Å². The van der Waals surface area contributed by atoms with Crippen LogP contribution in [0.4, 0.5) is 0 Å². The van der Waals surface area contributed by atoms with E-state index in [-0.39, 0.29) is 24.2 Å². The highest BCUT2D eigenvalue weighted by atomic mass is 35.5. The number of hydrogen-bond acceptors (Lipinski definition) is 2. The second-order valence-electron chi connectivity index (χ2n) is 3.13. The molecule has 4 heteroatoms. The van der Waals surface area contributed by atoms with E-state index in [1.54, 1.807) is 0 Å². The van der Waals surface area contributed by atoms with Crippen molar-refractivity contribution in [1.82, 2.24) is 5.43 Å². The number of halogens is 1. The predicted octanol–water partition coefficient (Wildman–Crippen LogP) is 0.198. The molecule has 2 rings (SSSR count). The average Bonchev–Trinajstić information content (AvgIpc) is 2.74. The molecule has 1 spiro atoms. The Morgan fingerprint density at radius 3 is 2.50 bits per heavy atom. The lowest BCUT2D eigenvalue weighted by molar-refractivity contribution is -0.122. The number of nitrogens with two attached hydrogens (primary N) is 1. The van der Waals surface area contributed by atoms with Crippen LogP contribution in [0.25, 0.3) is 0 Å². The van der Waals surface area contributed by atoms with Crippen LogP contribution in [0.2, 0.25) is 0 Å². The van der Waals surface area contributed by atoms with Crippen LogP contribution >= 0.6 is 12.4 Å². The Kier molecular flexibility index (Phi) is 1.65. The third-order valence-electron chi connectivity index (χ3n) is 2.54. The summed E-state index contributed by atoms with van der Waals surface area (Å²) < 4.78 is 0. The average molecular weight is 163 g/mol.